The van der Waals surface area contributed by atoms with Crippen LogP contribution in [0.3, 0.4) is 0 Å². The quantitative estimate of drug-likeness (QED) is 0.521. The Bertz CT molecular complexity index is 859. The third kappa shape index (κ3) is 4.14. The number of ketones is 1. The molecule has 0 radical (unpaired) electrons. The summed E-state index contributed by atoms with van der Waals surface area (Å²) < 4.78 is 13.0. The minimum absolute atomic E-state index is 0.0800. The molecule has 0 unspecified atom stereocenters. The van der Waals surface area contributed by atoms with Gasteiger partial charge in [-0.2, -0.15) is 0 Å². The fourth-order valence-electron chi connectivity index (χ4n) is 2.39. The Morgan fingerprint density at radius 1 is 1.16 bits per heavy atom. The first-order valence-electron chi connectivity index (χ1n) is 8.05. The number of aryl methyl sites for hydroxylation is 1. The number of hydrogen-bond acceptors (Lipinski definition) is 4. The van der Waals surface area contributed by atoms with Crippen molar-refractivity contribution >= 4 is 17.5 Å². The van der Waals surface area contributed by atoms with Crippen molar-refractivity contribution < 1.29 is 9.18 Å². The van der Waals surface area contributed by atoms with Crippen LogP contribution in [0.15, 0.2) is 53.7 Å². The lowest BCUT2D eigenvalue weighted by Crippen LogP contribution is -2.13. The van der Waals surface area contributed by atoms with Gasteiger partial charge in [0.2, 0.25) is 5.16 Å². The number of benzene rings is 2. The first-order chi connectivity index (χ1) is 12.1. The molecule has 1 atom stereocenters. The SMILES string of the molecule is CCc1ccc(-c2nc(S[C@H](C)C(=O)c3ccc(F)cc3)n[nH]2)cc1. The van der Waals surface area contributed by atoms with Crippen molar-refractivity contribution in [2.75, 3.05) is 0 Å². The second kappa shape index (κ2) is 7.61. The number of Topliss-reactive ketones (excluding diaryl/α,β-unsaturated/α-hetero) is 1. The summed E-state index contributed by atoms with van der Waals surface area (Å²) in [7, 11) is 0. The number of carbonyl (C=O) groups excluding carboxylic acids is 1. The summed E-state index contributed by atoms with van der Waals surface area (Å²) in [5.41, 5.74) is 2.69. The first kappa shape index (κ1) is 17.4. The van der Waals surface area contributed by atoms with E-state index in [4.69, 9.17) is 0 Å². The zero-order valence-electron chi connectivity index (χ0n) is 14.0. The molecule has 25 heavy (non-hydrogen) atoms. The Balaban J connectivity index is 1.69. The molecule has 0 spiro atoms. The average Bonchev–Trinajstić information content (AvgIpc) is 3.10. The first-order valence-corrected chi connectivity index (χ1v) is 8.93. The maximum absolute atomic E-state index is 13.0. The molecular formula is C19H18FN3OS. The highest BCUT2D eigenvalue weighted by Gasteiger charge is 2.19. The van der Waals surface area contributed by atoms with Gasteiger partial charge >= 0.3 is 0 Å². The zero-order valence-corrected chi connectivity index (χ0v) is 14.8. The van der Waals surface area contributed by atoms with Gasteiger partial charge in [-0.05, 0) is 43.2 Å². The Kier molecular flexibility index (Phi) is 5.28. The van der Waals surface area contributed by atoms with E-state index in [1.54, 1.807) is 6.92 Å². The fraction of sp³-hybridized carbons (Fsp3) is 0.211. The topological polar surface area (TPSA) is 58.6 Å². The molecule has 128 valence electrons. The molecule has 0 aliphatic heterocycles. The maximum Gasteiger partial charge on any atom is 0.209 e. The second-order valence-corrected chi connectivity index (χ2v) is 6.96. The average molecular weight is 355 g/mol. The van der Waals surface area contributed by atoms with Gasteiger partial charge in [-0.15, -0.1) is 5.10 Å². The van der Waals surface area contributed by atoms with Gasteiger partial charge in [0.15, 0.2) is 11.6 Å². The van der Waals surface area contributed by atoms with E-state index in [2.05, 4.69) is 34.2 Å². The lowest BCUT2D eigenvalue weighted by atomic mass is 10.1. The van der Waals surface area contributed by atoms with Crippen molar-refractivity contribution in [1.29, 1.82) is 0 Å². The monoisotopic (exact) mass is 355 g/mol. The minimum Gasteiger partial charge on any atom is -0.293 e. The number of nitrogens with zero attached hydrogens (tertiary/aromatic N) is 2. The molecule has 6 heteroatoms. The van der Waals surface area contributed by atoms with Crippen LogP contribution in [-0.2, 0) is 6.42 Å². The highest BCUT2D eigenvalue weighted by atomic mass is 32.2. The molecule has 0 aliphatic carbocycles. The van der Waals surface area contributed by atoms with E-state index in [0.717, 1.165) is 12.0 Å². The van der Waals surface area contributed by atoms with Crippen LogP contribution in [-0.4, -0.2) is 26.2 Å². The maximum atomic E-state index is 13.0. The number of aromatic nitrogens is 3. The van der Waals surface area contributed by atoms with Crippen molar-refractivity contribution in [3.63, 3.8) is 0 Å². The number of aromatic amines is 1. The van der Waals surface area contributed by atoms with Gasteiger partial charge in [0, 0.05) is 11.1 Å². The number of halogens is 1. The van der Waals surface area contributed by atoms with E-state index in [1.807, 2.05) is 12.1 Å². The van der Waals surface area contributed by atoms with Crippen molar-refractivity contribution in [3.05, 3.63) is 65.5 Å². The molecule has 2 aromatic carbocycles. The van der Waals surface area contributed by atoms with Crippen LogP contribution < -0.4 is 0 Å². The van der Waals surface area contributed by atoms with E-state index in [1.165, 1.54) is 41.6 Å². The standard InChI is InChI=1S/C19H18FN3OS/c1-3-13-4-6-15(7-5-13)18-21-19(23-22-18)25-12(2)17(24)14-8-10-16(20)11-9-14/h4-12H,3H2,1-2H3,(H,21,22,23)/t12-/m1/s1. The lowest BCUT2D eigenvalue weighted by molar-refractivity contribution is 0.0994. The molecule has 1 N–H and O–H groups in total. The van der Waals surface area contributed by atoms with Crippen molar-refractivity contribution in [2.45, 2.75) is 30.7 Å². The van der Waals surface area contributed by atoms with Gasteiger partial charge < -0.3 is 0 Å². The number of hydrogen-bond donors (Lipinski definition) is 1. The molecule has 4 nitrogen and oxygen atoms in total. The van der Waals surface area contributed by atoms with E-state index in [9.17, 15) is 9.18 Å². The third-order valence-corrected chi connectivity index (χ3v) is 4.84. The summed E-state index contributed by atoms with van der Waals surface area (Å²) >= 11 is 1.28. The van der Waals surface area contributed by atoms with Crippen molar-refractivity contribution in [1.82, 2.24) is 15.2 Å². The normalized spacial score (nSPS) is 12.1. The highest BCUT2D eigenvalue weighted by molar-refractivity contribution is 8.00. The summed E-state index contributed by atoms with van der Waals surface area (Å²) in [6.07, 6.45) is 0.987. The molecule has 0 bridgehead atoms. The molecule has 0 saturated carbocycles. The summed E-state index contributed by atoms with van der Waals surface area (Å²) in [6, 6.07) is 13.7. The van der Waals surface area contributed by atoms with Crippen LogP contribution in [0.4, 0.5) is 4.39 Å². The van der Waals surface area contributed by atoms with E-state index in [-0.39, 0.29) is 16.9 Å². The van der Waals surface area contributed by atoms with Crippen molar-refractivity contribution in [3.8, 4) is 11.4 Å². The number of rotatable bonds is 6. The van der Waals surface area contributed by atoms with E-state index >= 15 is 0 Å². The van der Waals surface area contributed by atoms with Gasteiger partial charge in [-0.25, -0.2) is 9.37 Å². The van der Waals surface area contributed by atoms with Gasteiger partial charge in [0.25, 0.3) is 0 Å². The lowest BCUT2D eigenvalue weighted by Gasteiger charge is -2.07. The Morgan fingerprint density at radius 3 is 2.48 bits per heavy atom. The summed E-state index contributed by atoms with van der Waals surface area (Å²) in [5, 5.41) is 7.24. The Hall–Kier alpha value is -2.47. The molecule has 1 aromatic heterocycles. The number of thioether (sulfide) groups is 1. The highest BCUT2D eigenvalue weighted by Crippen LogP contribution is 2.25. The minimum atomic E-state index is -0.364. The summed E-state index contributed by atoms with van der Waals surface area (Å²) in [6.45, 7) is 3.90. The van der Waals surface area contributed by atoms with Crippen LogP contribution in [0, 0.1) is 5.82 Å². The van der Waals surface area contributed by atoms with Gasteiger partial charge in [-0.3, -0.25) is 9.89 Å². The van der Waals surface area contributed by atoms with Gasteiger partial charge in [-0.1, -0.05) is 43.0 Å². The molecule has 3 aromatic rings. The van der Waals surface area contributed by atoms with Gasteiger partial charge in [0.05, 0.1) is 5.25 Å². The fourth-order valence-corrected chi connectivity index (χ4v) is 3.19. The number of nitrogens with one attached hydrogen (secondary N) is 1. The number of H-pyrrole nitrogens is 1. The largest absolute Gasteiger partial charge is 0.293 e. The molecule has 0 amide bonds. The molecular weight excluding hydrogens is 337 g/mol. The van der Waals surface area contributed by atoms with E-state index in [0.29, 0.717) is 16.5 Å². The number of carbonyl (C=O) groups is 1. The molecule has 1 heterocycles. The van der Waals surface area contributed by atoms with Crippen molar-refractivity contribution in [2.24, 2.45) is 0 Å². The van der Waals surface area contributed by atoms with Crippen LogP contribution in [0.1, 0.15) is 29.8 Å². The summed E-state index contributed by atoms with van der Waals surface area (Å²) in [5.74, 6) is 0.236. The van der Waals surface area contributed by atoms with Crippen LogP contribution in [0.25, 0.3) is 11.4 Å². The summed E-state index contributed by atoms with van der Waals surface area (Å²) in [4.78, 5) is 16.8. The molecule has 0 fully saturated rings. The third-order valence-electron chi connectivity index (χ3n) is 3.88. The molecule has 0 saturated heterocycles. The van der Waals surface area contributed by atoms with Crippen LogP contribution in [0.2, 0.25) is 0 Å². The Labute approximate surface area is 149 Å². The predicted molar refractivity (Wildman–Crippen MR) is 97.2 cm³/mol. The van der Waals surface area contributed by atoms with E-state index < -0.39 is 0 Å². The van der Waals surface area contributed by atoms with Crippen LogP contribution in [0.5, 0.6) is 0 Å². The smallest absolute Gasteiger partial charge is 0.209 e. The Morgan fingerprint density at radius 2 is 1.84 bits per heavy atom. The van der Waals surface area contributed by atoms with Crippen LogP contribution >= 0.6 is 11.8 Å². The second-order valence-electron chi connectivity index (χ2n) is 5.65. The molecule has 3 rings (SSSR count). The predicted octanol–water partition coefficient (Wildman–Crippen LogP) is 4.54. The van der Waals surface area contributed by atoms with Gasteiger partial charge in [0.1, 0.15) is 5.82 Å². The zero-order chi connectivity index (χ0) is 17.8. The molecule has 0 aliphatic rings.